The standard InChI is InChI=1S/C18H20O2/c1-10(19)13-2-3-16-15(7-13)18-8-11-4-12(9-18)6-14(5-11)17(18)20-16/h2-3,7,11-12,14,17H,4-6,8-9H2,1H3. The van der Waals surface area contributed by atoms with Gasteiger partial charge in [-0.05, 0) is 75.0 Å². The normalized spacial score (nSPS) is 43.0. The van der Waals surface area contributed by atoms with Gasteiger partial charge in [0.2, 0.25) is 0 Å². The van der Waals surface area contributed by atoms with Crippen molar-refractivity contribution in [1.82, 2.24) is 0 Å². The average Bonchev–Trinajstić information content (AvgIpc) is 2.72. The maximum atomic E-state index is 11.7. The zero-order valence-electron chi connectivity index (χ0n) is 11.9. The van der Waals surface area contributed by atoms with E-state index in [9.17, 15) is 4.79 Å². The van der Waals surface area contributed by atoms with Gasteiger partial charge in [0.1, 0.15) is 11.9 Å². The Hall–Kier alpha value is -1.31. The van der Waals surface area contributed by atoms with Gasteiger partial charge in [-0.25, -0.2) is 0 Å². The molecule has 104 valence electrons. The number of carbonyl (C=O) groups excluding carboxylic acids is 1. The molecule has 3 atom stereocenters. The maximum Gasteiger partial charge on any atom is 0.159 e. The summed E-state index contributed by atoms with van der Waals surface area (Å²) >= 11 is 0. The number of hydrogen-bond donors (Lipinski definition) is 0. The molecule has 1 aliphatic heterocycles. The van der Waals surface area contributed by atoms with Gasteiger partial charge in [-0.15, -0.1) is 0 Å². The predicted molar refractivity (Wildman–Crippen MR) is 76.1 cm³/mol. The summed E-state index contributed by atoms with van der Waals surface area (Å²) < 4.78 is 6.36. The van der Waals surface area contributed by atoms with Crippen LogP contribution >= 0.6 is 0 Å². The van der Waals surface area contributed by atoms with Crippen molar-refractivity contribution >= 4 is 5.78 Å². The molecular formula is C18H20O2. The van der Waals surface area contributed by atoms with Crippen molar-refractivity contribution in [3.8, 4) is 5.75 Å². The summed E-state index contributed by atoms with van der Waals surface area (Å²) in [5, 5.41) is 0. The molecule has 0 amide bonds. The fourth-order valence-corrected chi connectivity index (χ4v) is 5.95. The molecule has 0 N–H and O–H groups in total. The third-order valence-electron chi connectivity index (χ3n) is 6.39. The van der Waals surface area contributed by atoms with Crippen LogP contribution in [0.2, 0.25) is 0 Å². The molecule has 1 heterocycles. The molecule has 2 heteroatoms. The van der Waals surface area contributed by atoms with Crippen molar-refractivity contribution in [2.75, 3.05) is 0 Å². The van der Waals surface area contributed by atoms with E-state index in [2.05, 4.69) is 6.07 Å². The van der Waals surface area contributed by atoms with Gasteiger partial charge in [-0.3, -0.25) is 4.79 Å². The van der Waals surface area contributed by atoms with Gasteiger partial charge < -0.3 is 4.74 Å². The van der Waals surface area contributed by atoms with Crippen LogP contribution in [-0.4, -0.2) is 11.9 Å². The van der Waals surface area contributed by atoms with Crippen LogP contribution in [0.5, 0.6) is 5.75 Å². The Balaban J connectivity index is 1.69. The number of hydrogen-bond acceptors (Lipinski definition) is 2. The lowest BCUT2D eigenvalue weighted by Gasteiger charge is -2.57. The Kier molecular flexibility index (Phi) is 1.97. The number of ketones is 1. The summed E-state index contributed by atoms with van der Waals surface area (Å²) in [6.45, 7) is 1.66. The number of ether oxygens (including phenoxy) is 1. The summed E-state index contributed by atoms with van der Waals surface area (Å²) in [5.74, 6) is 3.79. The highest BCUT2D eigenvalue weighted by Gasteiger charge is 2.62. The summed E-state index contributed by atoms with van der Waals surface area (Å²) in [6.07, 6.45) is 7.16. The van der Waals surface area contributed by atoms with E-state index in [1.807, 2.05) is 12.1 Å². The van der Waals surface area contributed by atoms with Crippen LogP contribution < -0.4 is 4.74 Å². The Morgan fingerprint density at radius 1 is 1.20 bits per heavy atom. The molecule has 1 aromatic rings. The molecule has 4 bridgehead atoms. The molecular weight excluding hydrogens is 248 g/mol. The monoisotopic (exact) mass is 268 g/mol. The second kappa shape index (κ2) is 3.47. The van der Waals surface area contributed by atoms with E-state index in [0.29, 0.717) is 6.10 Å². The predicted octanol–water partition coefficient (Wildman–Crippen LogP) is 3.73. The van der Waals surface area contributed by atoms with Crippen molar-refractivity contribution in [3.63, 3.8) is 0 Å². The van der Waals surface area contributed by atoms with E-state index < -0.39 is 0 Å². The smallest absolute Gasteiger partial charge is 0.159 e. The van der Waals surface area contributed by atoms with Crippen molar-refractivity contribution in [3.05, 3.63) is 29.3 Å². The second-order valence-corrected chi connectivity index (χ2v) is 7.57. The Bertz CT molecular complexity index is 604. The minimum atomic E-state index is 0.168. The second-order valence-electron chi connectivity index (χ2n) is 7.57. The Morgan fingerprint density at radius 2 is 1.95 bits per heavy atom. The number of rotatable bonds is 1. The summed E-state index contributed by atoms with van der Waals surface area (Å²) in [5.41, 5.74) is 2.45. The molecule has 4 fully saturated rings. The van der Waals surface area contributed by atoms with Crippen LogP contribution in [0.25, 0.3) is 0 Å². The molecule has 0 aromatic heterocycles. The topological polar surface area (TPSA) is 26.3 Å². The van der Waals surface area contributed by atoms with Crippen LogP contribution in [0, 0.1) is 17.8 Å². The summed E-state index contributed by atoms with van der Waals surface area (Å²) in [7, 11) is 0. The third-order valence-corrected chi connectivity index (χ3v) is 6.39. The van der Waals surface area contributed by atoms with E-state index >= 15 is 0 Å². The molecule has 1 spiro atoms. The largest absolute Gasteiger partial charge is 0.489 e. The van der Waals surface area contributed by atoms with Crippen molar-refractivity contribution in [2.45, 2.75) is 50.5 Å². The van der Waals surface area contributed by atoms with E-state index in [1.54, 1.807) is 6.92 Å². The molecule has 4 aliphatic carbocycles. The van der Waals surface area contributed by atoms with E-state index in [-0.39, 0.29) is 11.2 Å². The van der Waals surface area contributed by atoms with Gasteiger partial charge in [0.15, 0.2) is 5.78 Å². The quantitative estimate of drug-likeness (QED) is 0.725. The van der Waals surface area contributed by atoms with Crippen LogP contribution in [0.3, 0.4) is 0 Å². The highest BCUT2D eigenvalue weighted by molar-refractivity contribution is 5.94. The van der Waals surface area contributed by atoms with Gasteiger partial charge in [-0.1, -0.05) is 0 Å². The molecule has 2 nitrogen and oxygen atoms in total. The number of carbonyl (C=O) groups is 1. The lowest BCUT2D eigenvalue weighted by atomic mass is 9.47. The SMILES string of the molecule is CC(=O)c1ccc2c(c1)C13CC4CC(CC(C4)C1O2)C3. The van der Waals surface area contributed by atoms with Crippen molar-refractivity contribution < 1.29 is 9.53 Å². The van der Waals surface area contributed by atoms with Crippen LogP contribution in [0.1, 0.15) is 54.9 Å². The lowest BCUT2D eigenvalue weighted by Crippen LogP contribution is -2.57. The number of Topliss-reactive ketones (excluding diaryl/α,β-unsaturated/α-hetero) is 1. The fraction of sp³-hybridized carbons (Fsp3) is 0.611. The van der Waals surface area contributed by atoms with E-state index in [4.69, 9.17) is 4.74 Å². The van der Waals surface area contributed by atoms with Crippen LogP contribution in [0.4, 0.5) is 0 Å². The van der Waals surface area contributed by atoms with E-state index in [0.717, 1.165) is 29.1 Å². The molecule has 5 aliphatic rings. The Morgan fingerprint density at radius 3 is 2.65 bits per heavy atom. The van der Waals surface area contributed by atoms with Gasteiger partial charge in [0.05, 0.1) is 0 Å². The van der Waals surface area contributed by atoms with Crippen LogP contribution in [0.15, 0.2) is 18.2 Å². The molecule has 4 saturated carbocycles. The number of fused-ring (bicyclic) bond motifs is 1. The first-order valence-electron chi connectivity index (χ1n) is 7.98. The van der Waals surface area contributed by atoms with Crippen molar-refractivity contribution in [1.29, 1.82) is 0 Å². The van der Waals surface area contributed by atoms with Gasteiger partial charge in [0.25, 0.3) is 0 Å². The molecule has 0 radical (unpaired) electrons. The highest BCUT2D eigenvalue weighted by Crippen LogP contribution is 2.65. The van der Waals surface area contributed by atoms with Gasteiger partial charge in [0, 0.05) is 16.5 Å². The zero-order chi connectivity index (χ0) is 13.5. The maximum absolute atomic E-state index is 11.7. The van der Waals surface area contributed by atoms with Crippen molar-refractivity contribution in [2.24, 2.45) is 17.8 Å². The first kappa shape index (κ1) is 11.4. The summed E-state index contributed by atoms with van der Waals surface area (Å²) in [6, 6.07) is 6.12. The number of benzene rings is 1. The highest BCUT2D eigenvalue weighted by atomic mass is 16.5. The molecule has 0 saturated heterocycles. The zero-order valence-corrected chi connectivity index (χ0v) is 11.9. The van der Waals surface area contributed by atoms with Crippen LogP contribution in [-0.2, 0) is 5.41 Å². The third kappa shape index (κ3) is 1.23. The molecule has 6 rings (SSSR count). The first-order chi connectivity index (χ1) is 9.65. The molecule has 3 unspecified atom stereocenters. The first-order valence-corrected chi connectivity index (χ1v) is 7.98. The van der Waals surface area contributed by atoms with Gasteiger partial charge in [-0.2, -0.15) is 0 Å². The lowest BCUT2D eigenvalue weighted by molar-refractivity contribution is -0.0816. The molecule has 1 aromatic carbocycles. The van der Waals surface area contributed by atoms with Gasteiger partial charge >= 0.3 is 0 Å². The minimum Gasteiger partial charge on any atom is -0.489 e. The molecule has 20 heavy (non-hydrogen) atoms. The average molecular weight is 268 g/mol. The fourth-order valence-electron chi connectivity index (χ4n) is 5.95. The Labute approximate surface area is 119 Å². The minimum absolute atomic E-state index is 0.168. The van der Waals surface area contributed by atoms with E-state index in [1.165, 1.54) is 37.7 Å². The summed E-state index contributed by atoms with van der Waals surface area (Å²) in [4.78, 5) is 11.7.